The lowest BCUT2D eigenvalue weighted by atomic mass is 10.2. The van der Waals surface area contributed by atoms with Crippen molar-refractivity contribution in [1.82, 2.24) is 19.9 Å². The monoisotopic (exact) mass is 426 g/mol. The lowest BCUT2D eigenvalue weighted by Crippen LogP contribution is -2.26. The van der Waals surface area contributed by atoms with E-state index < -0.39 is 0 Å². The molecule has 4 rings (SSSR count). The second-order valence-corrected chi connectivity index (χ2v) is 6.63. The maximum Gasteiger partial charge on any atom is 0.318 e. The summed E-state index contributed by atoms with van der Waals surface area (Å²) in [6.45, 7) is 2.96. The van der Waals surface area contributed by atoms with E-state index in [1.807, 2.05) is 0 Å². The number of nitrogens with zero attached hydrogens (tertiary/aromatic N) is 4. The molecule has 0 atom stereocenters. The summed E-state index contributed by atoms with van der Waals surface area (Å²) in [5.74, 6) is 0.826. The highest BCUT2D eigenvalue weighted by Crippen LogP contribution is 2.14. The van der Waals surface area contributed by atoms with Crippen LogP contribution in [0, 0.1) is 0 Å². The van der Waals surface area contributed by atoms with Crippen LogP contribution in [0.3, 0.4) is 0 Å². The largest absolute Gasteiger partial charge is 0.460 e. The average molecular weight is 427 g/mol. The van der Waals surface area contributed by atoms with Crippen LogP contribution in [-0.2, 0) is 9.47 Å². The first-order valence-corrected chi connectivity index (χ1v) is 9.73. The van der Waals surface area contributed by atoms with Crippen LogP contribution in [0.25, 0.3) is 0 Å². The van der Waals surface area contributed by atoms with Crippen LogP contribution in [-0.4, -0.2) is 63.7 Å². The number of aliphatic hydroxyl groups excluding tert-OH is 1. The van der Waals surface area contributed by atoms with Gasteiger partial charge in [-0.05, 0) is 36.6 Å². The lowest BCUT2D eigenvalue weighted by Gasteiger charge is -2.21. The van der Waals surface area contributed by atoms with Crippen molar-refractivity contribution < 1.29 is 19.3 Å². The number of rotatable bonds is 2. The minimum absolute atomic E-state index is 0.0891. The summed E-state index contributed by atoms with van der Waals surface area (Å²) in [6, 6.07) is 3.57. The zero-order valence-electron chi connectivity index (χ0n) is 16.1. The van der Waals surface area contributed by atoms with E-state index in [9.17, 15) is 0 Å². The number of hydrogen-bond acceptors (Lipinski definition) is 10. The highest BCUT2D eigenvalue weighted by Gasteiger charge is 2.16. The van der Waals surface area contributed by atoms with Crippen molar-refractivity contribution in [3.05, 3.63) is 29.8 Å². The molecule has 4 heterocycles. The van der Waals surface area contributed by atoms with E-state index in [2.05, 4.69) is 19.9 Å². The van der Waals surface area contributed by atoms with Crippen molar-refractivity contribution in [2.45, 2.75) is 37.9 Å². The van der Waals surface area contributed by atoms with Gasteiger partial charge in [0.25, 0.3) is 0 Å². The third kappa shape index (κ3) is 10.2. The summed E-state index contributed by atoms with van der Waals surface area (Å²) in [4.78, 5) is 15.2. The smallest absolute Gasteiger partial charge is 0.318 e. The topological polar surface area (TPSA) is 152 Å². The van der Waals surface area contributed by atoms with Crippen molar-refractivity contribution >= 4 is 23.2 Å². The van der Waals surface area contributed by atoms with Gasteiger partial charge in [-0.1, -0.05) is 0 Å². The molecule has 0 aliphatic carbocycles. The predicted molar refractivity (Wildman–Crippen MR) is 108 cm³/mol. The minimum Gasteiger partial charge on any atom is -0.460 e. The van der Waals surface area contributed by atoms with Crippen LogP contribution < -0.4 is 16.2 Å². The number of nitrogens with two attached hydrogens (primary N) is 2. The Labute approximate surface area is 174 Å². The van der Waals surface area contributed by atoms with Gasteiger partial charge in [-0.2, -0.15) is 4.98 Å². The highest BCUT2D eigenvalue weighted by atomic mass is 35.5. The van der Waals surface area contributed by atoms with Crippen molar-refractivity contribution in [3.63, 3.8) is 0 Å². The zero-order valence-corrected chi connectivity index (χ0v) is 16.9. The van der Waals surface area contributed by atoms with Crippen molar-refractivity contribution in [1.29, 1.82) is 0 Å². The number of ether oxygens (including phenoxy) is 3. The predicted octanol–water partition coefficient (Wildman–Crippen LogP) is 1.49. The molecule has 10 nitrogen and oxygen atoms in total. The fourth-order valence-corrected chi connectivity index (χ4v) is 2.54. The van der Waals surface area contributed by atoms with Gasteiger partial charge < -0.3 is 30.8 Å². The van der Waals surface area contributed by atoms with E-state index >= 15 is 0 Å². The maximum atomic E-state index is 8.83. The first-order chi connectivity index (χ1) is 14.0. The summed E-state index contributed by atoms with van der Waals surface area (Å²) in [5, 5.41) is 9.01. The van der Waals surface area contributed by atoms with E-state index in [1.165, 1.54) is 6.20 Å². The van der Waals surface area contributed by atoms with Crippen LogP contribution in [0.2, 0.25) is 5.28 Å². The van der Waals surface area contributed by atoms with Gasteiger partial charge in [0, 0.05) is 38.4 Å². The number of hydrogen-bond donors (Lipinski definition) is 3. The van der Waals surface area contributed by atoms with Gasteiger partial charge >= 0.3 is 6.01 Å². The van der Waals surface area contributed by atoms with E-state index in [1.54, 1.807) is 18.3 Å². The third-order valence-electron chi connectivity index (χ3n) is 3.93. The van der Waals surface area contributed by atoms with Crippen molar-refractivity contribution in [2.24, 2.45) is 0 Å². The number of aliphatic hydroxyl groups is 1. The second kappa shape index (κ2) is 13.0. The molecule has 0 radical (unpaired) electrons. The molecule has 0 saturated carbocycles. The Morgan fingerprint density at radius 2 is 1.45 bits per heavy atom. The Morgan fingerprint density at radius 1 is 0.897 bits per heavy atom. The molecule has 0 unspecified atom stereocenters. The summed E-state index contributed by atoms with van der Waals surface area (Å²) in [6.07, 6.45) is 6.58. The van der Waals surface area contributed by atoms with Gasteiger partial charge in [0.15, 0.2) is 0 Å². The molecule has 29 heavy (non-hydrogen) atoms. The van der Waals surface area contributed by atoms with Crippen LogP contribution in [0.1, 0.15) is 25.7 Å². The summed E-state index contributed by atoms with van der Waals surface area (Å²) < 4.78 is 15.7. The Bertz CT molecular complexity index is 697. The molecule has 2 aromatic heterocycles. The SMILES string of the molecule is Nc1ccnc(Cl)n1.Nc1ccnc(OC2CCOCC2)n1.OC1CCOCC1. The molecule has 2 aliphatic rings. The summed E-state index contributed by atoms with van der Waals surface area (Å²) >= 11 is 5.34. The number of anilines is 2. The Hall–Kier alpha value is -2.27. The quantitative estimate of drug-likeness (QED) is 0.602. The molecule has 11 heteroatoms. The van der Waals surface area contributed by atoms with Crippen molar-refractivity contribution in [3.8, 4) is 6.01 Å². The Balaban J connectivity index is 0.000000170. The van der Waals surface area contributed by atoms with Gasteiger partial charge in [-0.15, -0.1) is 0 Å². The summed E-state index contributed by atoms with van der Waals surface area (Å²) in [7, 11) is 0. The van der Waals surface area contributed by atoms with Crippen molar-refractivity contribution in [2.75, 3.05) is 37.9 Å². The fourth-order valence-electron chi connectivity index (χ4n) is 2.39. The van der Waals surface area contributed by atoms with E-state index in [0.29, 0.717) is 17.6 Å². The molecule has 2 aliphatic heterocycles. The zero-order chi connectivity index (χ0) is 20.9. The van der Waals surface area contributed by atoms with Crippen LogP contribution >= 0.6 is 11.6 Å². The third-order valence-corrected chi connectivity index (χ3v) is 4.12. The molecule has 2 fully saturated rings. The Kier molecular flexibility index (Phi) is 10.4. The van der Waals surface area contributed by atoms with Gasteiger partial charge in [0.2, 0.25) is 5.28 Å². The van der Waals surface area contributed by atoms with Crippen LogP contribution in [0.15, 0.2) is 24.5 Å². The van der Waals surface area contributed by atoms with Gasteiger partial charge in [-0.3, -0.25) is 0 Å². The number of nitrogen functional groups attached to an aromatic ring is 2. The van der Waals surface area contributed by atoms with Crippen LogP contribution in [0.4, 0.5) is 11.6 Å². The van der Waals surface area contributed by atoms with Gasteiger partial charge in [0.05, 0.1) is 19.3 Å². The van der Waals surface area contributed by atoms with E-state index in [-0.39, 0.29) is 17.5 Å². The molecule has 5 N–H and O–H groups in total. The van der Waals surface area contributed by atoms with Gasteiger partial charge in [0.1, 0.15) is 17.7 Å². The van der Waals surface area contributed by atoms with Crippen LogP contribution in [0.5, 0.6) is 6.01 Å². The molecule has 0 amide bonds. The standard InChI is InChI=1S/C9H13N3O2.C5H10O2.C4H4ClN3/c10-8-1-4-11-9(12-8)14-7-2-5-13-6-3-7;6-5-1-3-7-4-2-5;5-4-7-2-1-3(6)8-4/h1,4,7H,2-3,5-6H2,(H2,10,11,12);5-6H,1-4H2;1-2H,(H2,6,7,8). The minimum atomic E-state index is -0.0891. The molecule has 0 aromatic carbocycles. The second-order valence-electron chi connectivity index (χ2n) is 6.29. The number of halogens is 1. The van der Waals surface area contributed by atoms with Gasteiger partial charge in [-0.25, -0.2) is 15.0 Å². The molecule has 160 valence electrons. The maximum absolute atomic E-state index is 8.83. The molecular weight excluding hydrogens is 400 g/mol. The van der Waals surface area contributed by atoms with E-state index in [4.69, 9.17) is 42.4 Å². The molecular formula is C18H27ClN6O4. The first kappa shape index (κ1) is 23.0. The Morgan fingerprint density at radius 3 is 1.90 bits per heavy atom. The lowest BCUT2D eigenvalue weighted by molar-refractivity contribution is 0.0140. The molecule has 2 aromatic rings. The first-order valence-electron chi connectivity index (χ1n) is 9.35. The van der Waals surface area contributed by atoms with E-state index in [0.717, 1.165) is 52.1 Å². The summed E-state index contributed by atoms with van der Waals surface area (Å²) in [5.41, 5.74) is 10.7. The molecule has 0 spiro atoms. The average Bonchev–Trinajstić information content (AvgIpc) is 2.70. The molecule has 2 saturated heterocycles. The highest BCUT2D eigenvalue weighted by molar-refractivity contribution is 6.28. The fraction of sp³-hybridized carbons (Fsp3) is 0.556. The molecule has 0 bridgehead atoms. The normalized spacial score (nSPS) is 17.3. The number of aromatic nitrogens is 4.